The maximum Gasteiger partial charge on any atom is 0.267 e. The van der Waals surface area contributed by atoms with E-state index < -0.39 is 0 Å². The highest BCUT2D eigenvalue weighted by atomic mass is 32.1. The van der Waals surface area contributed by atoms with Gasteiger partial charge in [0.05, 0.1) is 11.1 Å². The molecule has 2 heterocycles. The molecule has 0 aliphatic heterocycles. The van der Waals surface area contributed by atoms with Crippen molar-refractivity contribution < 1.29 is 0 Å². The molecule has 0 bridgehead atoms. The van der Waals surface area contributed by atoms with E-state index in [2.05, 4.69) is 4.99 Å². The van der Waals surface area contributed by atoms with E-state index in [-0.39, 0.29) is 18.1 Å². The number of rotatable bonds is 3. The molecule has 134 valence electrons. The van der Waals surface area contributed by atoms with Gasteiger partial charge in [-0.2, -0.15) is 0 Å². The van der Waals surface area contributed by atoms with Gasteiger partial charge in [0.2, 0.25) is 0 Å². The molecule has 0 atom stereocenters. The fraction of sp³-hybridized carbons (Fsp3) is 0.316. The van der Waals surface area contributed by atoms with Crippen molar-refractivity contribution in [3.8, 4) is 5.69 Å². The molecule has 1 aliphatic carbocycles. The molecule has 0 unspecified atom stereocenters. The van der Waals surface area contributed by atoms with Crippen LogP contribution in [0.5, 0.6) is 0 Å². The lowest BCUT2D eigenvalue weighted by Crippen LogP contribution is -2.26. The molecule has 1 aliphatic rings. The molecule has 0 saturated heterocycles. The lowest BCUT2D eigenvalue weighted by Gasteiger charge is -2.13. The van der Waals surface area contributed by atoms with Crippen LogP contribution in [-0.2, 0) is 19.4 Å². The smallest absolute Gasteiger partial charge is 0.267 e. The van der Waals surface area contributed by atoms with Crippen LogP contribution in [0.4, 0.5) is 0 Å². The highest BCUT2D eigenvalue weighted by Crippen LogP contribution is 2.34. The number of aryl methyl sites for hydroxylation is 3. The van der Waals surface area contributed by atoms with Gasteiger partial charge >= 0.3 is 0 Å². The van der Waals surface area contributed by atoms with Crippen LogP contribution in [0.1, 0.15) is 34.7 Å². The third-order valence-electron chi connectivity index (χ3n) is 4.75. The number of thiophene rings is 1. The van der Waals surface area contributed by atoms with Crippen LogP contribution in [0.2, 0.25) is 0 Å². The molecule has 26 heavy (non-hydrogen) atoms. The third kappa shape index (κ3) is 2.88. The van der Waals surface area contributed by atoms with Gasteiger partial charge < -0.3 is 11.5 Å². The van der Waals surface area contributed by atoms with Gasteiger partial charge in [-0.15, -0.1) is 11.3 Å². The van der Waals surface area contributed by atoms with Crippen LogP contribution in [0, 0.1) is 6.92 Å². The number of aromatic nitrogens is 2. The van der Waals surface area contributed by atoms with Crippen LogP contribution in [0.15, 0.2) is 34.1 Å². The molecule has 4 rings (SSSR count). The van der Waals surface area contributed by atoms with E-state index >= 15 is 0 Å². The molecule has 0 spiro atoms. The van der Waals surface area contributed by atoms with Gasteiger partial charge in [0.1, 0.15) is 17.2 Å². The average Bonchev–Trinajstić information content (AvgIpc) is 2.99. The average molecular weight is 367 g/mol. The summed E-state index contributed by atoms with van der Waals surface area (Å²) >= 11 is 1.63. The second kappa shape index (κ2) is 6.57. The van der Waals surface area contributed by atoms with Gasteiger partial charge in [0.15, 0.2) is 5.96 Å². The van der Waals surface area contributed by atoms with Crippen LogP contribution in [-0.4, -0.2) is 15.5 Å². The molecule has 0 saturated carbocycles. The van der Waals surface area contributed by atoms with Crippen molar-refractivity contribution in [3.63, 3.8) is 0 Å². The maximum atomic E-state index is 13.4. The van der Waals surface area contributed by atoms with Gasteiger partial charge in [-0.05, 0) is 50.3 Å². The Balaban J connectivity index is 2.00. The molecule has 7 heteroatoms. The summed E-state index contributed by atoms with van der Waals surface area (Å²) in [6.07, 6.45) is 4.28. The van der Waals surface area contributed by atoms with Crippen molar-refractivity contribution in [2.45, 2.75) is 39.2 Å². The highest BCUT2D eigenvalue weighted by Gasteiger charge is 2.22. The Kier molecular flexibility index (Phi) is 4.24. The Morgan fingerprint density at radius 2 is 1.96 bits per heavy atom. The molecule has 4 N–H and O–H groups in total. The van der Waals surface area contributed by atoms with Crippen LogP contribution < -0.4 is 17.0 Å². The zero-order valence-corrected chi connectivity index (χ0v) is 15.5. The zero-order chi connectivity index (χ0) is 18.3. The van der Waals surface area contributed by atoms with Crippen molar-refractivity contribution in [2.75, 3.05) is 0 Å². The first-order valence-electron chi connectivity index (χ1n) is 8.73. The van der Waals surface area contributed by atoms with E-state index in [0.29, 0.717) is 5.82 Å². The summed E-state index contributed by atoms with van der Waals surface area (Å²) in [7, 11) is 0. The van der Waals surface area contributed by atoms with Gasteiger partial charge in [0, 0.05) is 4.88 Å². The van der Waals surface area contributed by atoms with Gasteiger partial charge in [-0.25, -0.2) is 9.98 Å². The van der Waals surface area contributed by atoms with Gasteiger partial charge in [-0.3, -0.25) is 9.36 Å². The van der Waals surface area contributed by atoms with E-state index in [1.165, 1.54) is 16.9 Å². The Labute approximate surface area is 155 Å². The summed E-state index contributed by atoms with van der Waals surface area (Å²) in [5, 5.41) is 0.763. The van der Waals surface area contributed by atoms with E-state index in [4.69, 9.17) is 16.5 Å². The summed E-state index contributed by atoms with van der Waals surface area (Å²) in [5.41, 5.74) is 14.1. The largest absolute Gasteiger partial charge is 0.370 e. The molecule has 3 aromatic rings. The highest BCUT2D eigenvalue weighted by molar-refractivity contribution is 7.18. The number of guanidine groups is 1. The van der Waals surface area contributed by atoms with E-state index in [1.54, 1.807) is 15.9 Å². The predicted molar refractivity (Wildman–Crippen MR) is 106 cm³/mol. The Morgan fingerprint density at radius 1 is 1.23 bits per heavy atom. The van der Waals surface area contributed by atoms with Gasteiger partial charge in [0.25, 0.3) is 5.56 Å². The monoisotopic (exact) mass is 367 g/mol. The number of nitrogens with two attached hydrogens (primary N) is 2. The zero-order valence-electron chi connectivity index (χ0n) is 14.7. The summed E-state index contributed by atoms with van der Waals surface area (Å²) in [6, 6.07) is 7.84. The molecular formula is C19H21N5OS. The minimum Gasteiger partial charge on any atom is -0.370 e. The molecule has 1 aromatic carbocycles. The molecule has 0 fully saturated rings. The van der Waals surface area contributed by atoms with Crippen molar-refractivity contribution in [3.05, 3.63) is 56.4 Å². The quantitative estimate of drug-likeness (QED) is 0.548. The normalized spacial score (nSPS) is 13.6. The van der Waals surface area contributed by atoms with E-state index in [9.17, 15) is 4.79 Å². The summed E-state index contributed by atoms with van der Waals surface area (Å²) in [4.78, 5) is 24.4. The summed E-state index contributed by atoms with van der Waals surface area (Å²) < 4.78 is 1.65. The minimum atomic E-state index is -0.0287. The number of hydrogen-bond acceptors (Lipinski definition) is 4. The topological polar surface area (TPSA) is 99.3 Å². The SMILES string of the molecule is Cc1ccc(-n2c(CN=C(N)N)nc3sc4c(c3c2=O)CCCC4)cc1. The molecule has 0 radical (unpaired) electrons. The lowest BCUT2D eigenvalue weighted by molar-refractivity contribution is 0.699. The van der Waals surface area contributed by atoms with E-state index in [0.717, 1.165) is 40.7 Å². The Hall–Kier alpha value is -2.67. The number of benzene rings is 1. The molecule has 0 amide bonds. The van der Waals surface area contributed by atoms with Crippen molar-refractivity contribution in [1.82, 2.24) is 9.55 Å². The van der Waals surface area contributed by atoms with Gasteiger partial charge in [-0.1, -0.05) is 17.7 Å². The first kappa shape index (κ1) is 16.8. The standard InChI is InChI=1S/C19H21N5OS/c1-11-6-8-12(9-7-11)24-15(10-22-19(20)21)23-17-16(18(24)25)13-4-2-3-5-14(13)26-17/h6-9H,2-5,10H2,1H3,(H4,20,21,22). The fourth-order valence-electron chi connectivity index (χ4n) is 3.48. The number of aliphatic imine (C=N–C) groups is 1. The second-order valence-corrected chi connectivity index (χ2v) is 7.72. The molecular weight excluding hydrogens is 346 g/mol. The van der Waals surface area contributed by atoms with Crippen LogP contribution in [0.3, 0.4) is 0 Å². The number of hydrogen-bond donors (Lipinski definition) is 2. The molecule has 2 aromatic heterocycles. The lowest BCUT2D eigenvalue weighted by atomic mass is 9.97. The fourth-order valence-corrected chi connectivity index (χ4v) is 4.75. The molecule has 6 nitrogen and oxygen atoms in total. The van der Waals surface area contributed by atoms with Crippen LogP contribution in [0.25, 0.3) is 15.9 Å². The summed E-state index contributed by atoms with van der Waals surface area (Å²) in [5.74, 6) is 0.540. The summed E-state index contributed by atoms with van der Waals surface area (Å²) in [6.45, 7) is 2.19. The first-order chi connectivity index (χ1) is 12.5. The van der Waals surface area contributed by atoms with Crippen LogP contribution >= 0.6 is 11.3 Å². The Morgan fingerprint density at radius 3 is 2.69 bits per heavy atom. The maximum absolute atomic E-state index is 13.4. The predicted octanol–water partition coefficient (Wildman–Crippen LogP) is 2.41. The number of fused-ring (bicyclic) bond motifs is 3. The second-order valence-electron chi connectivity index (χ2n) is 6.64. The van der Waals surface area contributed by atoms with Crippen molar-refractivity contribution in [1.29, 1.82) is 0 Å². The third-order valence-corrected chi connectivity index (χ3v) is 5.94. The van der Waals surface area contributed by atoms with E-state index in [1.807, 2.05) is 31.2 Å². The Bertz CT molecular complexity index is 1060. The van der Waals surface area contributed by atoms with Crippen molar-refractivity contribution >= 4 is 27.5 Å². The minimum absolute atomic E-state index is 0.0136. The van der Waals surface area contributed by atoms with Crippen molar-refractivity contribution in [2.24, 2.45) is 16.5 Å². The first-order valence-corrected chi connectivity index (χ1v) is 9.55. The number of nitrogens with zero attached hydrogens (tertiary/aromatic N) is 3.